The Labute approximate surface area is 83.3 Å². The van der Waals surface area contributed by atoms with Crippen LogP contribution in [0.15, 0.2) is 24.3 Å². The van der Waals surface area contributed by atoms with Crippen LogP contribution in [-0.2, 0) is 4.29 Å². The standard InChI is InChI=1S/C7H4ClNO5/c8-14-7(10)13-6-4-2-1-3-5(6)9(11)12/h1-4H. The van der Waals surface area contributed by atoms with Gasteiger partial charge in [-0.3, -0.25) is 10.1 Å². The molecule has 7 heteroatoms. The van der Waals surface area contributed by atoms with E-state index in [0.717, 1.165) is 0 Å². The summed E-state index contributed by atoms with van der Waals surface area (Å²) in [6, 6.07) is 5.36. The van der Waals surface area contributed by atoms with Gasteiger partial charge in [-0.05, 0) is 6.07 Å². The summed E-state index contributed by atoms with van der Waals surface area (Å²) in [5.41, 5.74) is -0.338. The van der Waals surface area contributed by atoms with Gasteiger partial charge in [-0.1, -0.05) is 12.1 Å². The fraction of sp³-hybridized carbons (Fsp3) is 0. The van der Waals surface area contributed by atoms with Crippen LogP contribution < -0.4 is 4.74 Å². The topological polar surface area (TPSA) is 78.7 Å². The molecule has 0 aliphatic heterocycles. The van der Waals surface area contributed by atoms with Crippen molar-refractivity contribution in [2.75, 3.05) is 0 Å². The molecule has 0 aliphatic rings. The van der Waals surface area contributed by atoms with Crippen molar-refractivity contribution in [2.45, 2.75) is 0 Å². The molecule has 0 amide bonds. The third-order valence-corrected chi connectivity index (χ3v) is 1.44. The highest BCUT2D eigenvalue weighted by atomic mass is 35.5. The Kier molecular flexibility index (Phi) is 3.24. The lowest BCUT2D eigenvalue weighted by Crippen LogP contribution is -2.06. The van der Waals surface area contributed by atoms with E-state index in [-0.39, 0.29) is 11.4 Å². The largest absolute Gasteiger partial charge is 0.532 e. The number of nitrogens with zero attached hydrogens (tertiary/aromatic N) is 1. The Morgan fingerprint density at radius 3 is 2.64 bits per heavy atom. The predicted molar refractivity (Wildman–Crippen MR) is 46.1 cm³/mol. The Morgan fingerprint density at radius 1 is 1.43 bits per heavy atom. The molecular formula is C7H4ClNO5. The van der Waals surface area contributed by atoms with Crippen molar-refractivity contribution in [3.63, 3.8) is 0 Å². The number of ether oxygens (including phenoxy) is 1. The first-order valence-corrected chi connectivity index (χ1v) is 3.70. The van der Waals surface area contributed by atoms with E-state index in [2.05, 4.69) is 20.9 Å². The van der Waals surface area contributed by atoms with E-state index >= 15 is 0 Å². The average molecular weight is 218 g/mol. The van der Waals surface area contributed by atoms with Crippen molar-refractivity contribution in [3.8, 4) is 5.75 Å². The van der Waals surface area contributed by atoms with E-state index in [0.29, 0.717) is 0 Å². The summed E-state index contributed by atoms with van der Waals surface area (Å²) in [6.45, 7) is 0. The number of carbonyl (C=O) groups excluding carboxylic acids is 1. The van der Waals surface area contributed by atoms with E-state index in [1.54, 1.807) is 0 Å². The van der Waals surface area contributed by atoms with Crippen molar-refractivity contribution in [3.05, 3.63) is 34.4 Å². The quantitative estimate of drug-likeness (QED) is 0.329. The monoisotopic (exact) mass is 217 g/mol. The predicted octanol–water partition coefficient (Wildman–Crippen LogP) is 2.26. The smallest absolute Gasteiger partial charge is 0.387 e. The average Bonchev–Trinajstić information content (AvgIpc) is 2.18. The lowest BCUT2D eigenvalue weighted by atomic mass is 10.3. The number of hydrogen-bond acceptors (Lipinski definition) is 5. The number of para-hydroxylation sites is 2. The SMILES string of the molecule is O=C(OCl)Oc1ccccc1[N+](=O)[O-]. The summed E-state index contributed by atoms with van der Waals surface area (Å²) in [4.78, 5) is 20.3. The first kappa shape index (κ1) is 10.3. The third kappa shape index (κ3) is 2.33. The van der Waals surface area contributed by atoms with E-state index in [1.807, 2.05) is 0 Å². The van der Waals surface area contributed by atoms with Crippen molar-refractivity contribution < 1.29 is 18.7 Å². The normalized spacial score (nSPS) is 9.21. The van der Waals surface area contributed by atoms with Crippen molar-refractivity contribution in [1.82, 2.24) is 0 Å². The maximum absolute atomic E-state index is 10.6. The number of halogens is 1. The molecule has 1 aromatic rings. The summed E-state index contributed by atoms with van der Waals surface area (Å²) in [5, 5.41) is 10.4. The number of nitro groups is 1. The van der Waals surface area contributed by atoms with E-state index in [1.165, 1.54) is 24.3 Å². The molecule has 0 spiro atoms. The molecule has 0 unspecified atom stereocenters. The number of nitro benzene ring substituents is 1. The Bertz CT molecular complexity index is 367. The third-order valence-electron chi connectivity index (χ3n) is 1.32. The van der Waals surface area contributed by atoms with Crippen LogP contribution in [0, 0.1) is 10.1 Å². The first-order valence-electron chi connectivity index (χ1n) is 3.39. The second-order valence-electron chi connectivity index (χ2n) is 2.15. The van der Waals surface area contributed by atoms with Crippen LogP contribution in [0.4, 0.5) is 10.5 Å². The minimum absolute atomic E-state index is 0.219. The van der Waals surface area contributed by atoms with Gasteiger partial charge in [0, 0.05) is 6.07 Å². The van der Waals surface area contributed by atoms with Gasteiger partial charge in [0.15, 0.2) is 0 Å². The van der Waals surface area contributed by atoms with Gasteiger partial charge in [0.1, 0.15) is 11.9 Å². The van der Waals surface area contributed by atoms with Gasteiger partial charge in [-0.25, -0.2) is 4.79 Å². The van der Waals surface area contributed by atoms with Gasteiger partial charge < -0.3 is 9.03 Å². The molecule has 0 saturated heterocycles. The number of carbonyl (C=O) groups is 1. The maximum Gasteiger partial charge on any atom is 0.532 e. The maximum atomic E-state index is 10.6. The molecule has 1 rings (SSSR count). The summed E-state index contributed by atoms with van der Waals surface area (Å²) in [6.07, 6.45) is -1.22. The fourth-order valence-electron chi connectivity index (χ4n) is 0.800. The lowest BCUT2D eigenvalue weighted by Gasteiger charge is -2.00. The number of hydrogen-bond donors (Lipinski definition) is 0. The molecule has 14 heavy (non-hydrogen) atoms. The number of benzene rings is 1. The van der Waals surface area contributed by atoms with Gasteiger partial charge in [0.2, 0.25) is 5.75 Å². The molecule has 0 atom stereocenters. The van der Waals surface area contributed by atoms with Gasteiger partial charge in [-0.15, -0.1) is 0 Å². The number of rotatable bonds is 2. The van der Waals surface area contributed by atoms with Crippen LogP contribution in [-0.4, -0.2) is 11.1 Å². The van der Waals surface area contributed by atoms with Crippen LogP contribution >= 0.6 is 11.9 Å². The van der Waals surface area contributed by atoms with Crippen molar-refractivity contribution in [2.24, 2.45) is 0 Å². The zero-order chi connectivity index (χ0) is 10.6. The molecule has 0 fully saturated rings. The van der Waals surface area contributed by atoms with Gasteiger partial charge in [-0.2, -0.15) is 0 Å². The highest BCUT2D eigenvalue weighted by Crippen LogP contribution is 2.26. The molecule has 0 saturated carbocycles. The zero-order valence-electron chi connectivity index (χ0n) is 6.68. The molecule has 0 aromatic heterocycles. The van der Waals surface area contributed by atoms with Crippen LogP contribution in [0.1, 0.15) is 0 Å². The summed E-state index contributed by atoms with van der Waals surface area (Å²) >= 11 is 4.69. The molecule has 1 aromatic carbocycles. The van der Waals surface area contributed by atoms with Crippen LogP contribution in [0.5, 0.6) is 5.75 Å². The molecule has 0 N–H and O–H groups in total. The van der Waals surface area contributed by atoms with Gasteiger partial charge in [0.05, 0.1) is 4.92 Å². The van der Waals surface area contributed by atoms with Crippen LogP contribution in [0.3, 0.4) is 0 Å². The molecular weight excluding hydrogens is 214 g/mol. The molecule has 0 heterocycles. The van der Waals surface area contributed by atoms with E-state index < -0.39 is 11.1 Å². The first-order chi connectivity index (χ1) is 6.65. The van der Waals surface area contributed by atoms with Gasteiger partial charge >= 0.3 is 11.8 Å². The molecule has 0 aliphatic carbocycles. The van der Waals surface area contributed by atoms with E-state index in [4.69, 9.17) is 0 Å². The minimum Gasteiger partial charge on any atom is -0.387 e. The highest BCUT2D eigenvalue weighted by Gasteiger charge is 2.17. The van der Waals surface area contributed by atoms with Crippen LogP contribution in [0.2, 0.25) is 0 Å². The Balaban J connectivity index is 2.95. The Hall–Kier alpha value is -1.82. The van der Waals surface area contributed by atoms with Gasteiger partial charge in [0.25, 0.3) is 0 Å². The van der Waals surface area contributed by atoms with Crippen molar-refractivity contribution >= 4 is 23.7 Å². The summed E-state index contributed by atoms with van der Waals surface area (Å²) in [5.74, 6) is -0.219. The minimum atomic E-state index is -1.22. The molecule has 0 bridgehead atoms. The summed E-state index contributed by atoms with van der Waals surface area (Å²) < 4.78 is 8.10. The molecule has 0 radical (unpaired) electrons. The van der Waals surface area contributed by atoms with Crippen LogP contribution in [0.25, 0.3) is 0 Å². The van der Waals surface area contributed by atoms with E-state index in [9.17, 15) is 14.9 Å². The Morgan fingerprint density at radius 2 is 2.07 bits per heavy atom. The lowest BCUT2D eigenvalue weighted by molar-refractivity contribution is -0.385. The zero-order valence-corrected chi connectivity index (χ0v) is 7.43. The fourth-order valence-corrected chi connectivity index (χ4v) is 0.831. The second kappa shape index (κ2) is 4.43. The second-order valence-corrected chi connectivity index (χ2v) is 2.31. The van der Waals surface area contributed by atoms with Crippen molar-refractivity contribution in [1.29, 1.82) is 0 Å². The molecule has 6 nitrogen and oxygen atoms in total. The summed E-state index contributed by atoms with van der Waals surface area (Å²) in [7, 11) is 0. The highest BCUT2D eigenvalue weighted by molar-refractivity contribution is 6.12. The molecule has 74 valence electrons.